The number of benzene rings is 1. The molecule has 0 radical (unpaired) electrons. The standard InChI is InChI=1S/C19H19N5O3/c25-18(22-15-5-1-6-16(10-15)24-9-3-7-21-24)14-4-2-8-23(12-14)19(26)17-11-20-13-27-17/h1,3,5-7,9-11,13-14H,2,4,8,12H2,(H,22,25)/t14-/m0/s1. The molecule has 4 rings (SSSR count). The van der Waals surface area contributed by atoms with E-state index in [0.29, 0.717) is 18.8 Å². The highest BCUT2D eigenvalue weighted by Gasteiger charge is 2.30. The van der Waals surface area contributed by atoms with Gasteiger partial charge in [0.05, 0.1) is 17.8 Å². The van der Waals surface area contributed by atoms with Gasteiger partial charge in [0.15, 0.2) is 6.39 Å². The average Bonchev–Trinajstić information content (AvgIpc) is 3.42. The molecule has 1 aromatic carbocycles. The lowest BCUT2D eigenvalue weighted by molar-refractivity contribution is -0.121. The first kappa shape index (κ1) is 17.0. The maximum absolute atomic E-state index is 12.7. The van der Waals surface area contributed by atoms with Gasteiger partial charge in [0.2, 0.25) is 11.7 Å². The van der Waals surface area contributed by atoms with E-state index in [1.807, 2.05) is 36.5 Å². The highest BCUT2D eigenvalue weighted by Crippen LogP contribution is 2.21. The number of anilines is 1. The molecule has 3 aromatic rings. The molecular formula is C19H19N5O3. The van der Waals surface area contributed by atoms with Crippen molar-refractivity contribution >= 4 is 17.5 Å². The zero-order valence-corrected chi connectivity index (χ0v) is 14.6. The summed E-state index contributed by atoms with van der Waals surface area (Å²) in [7, 11) is 0. The van der Waals surface area contributed by atoms with E-state index in [0.717, 1.165) is 18.5 Å². The van der Waals surface area contributed by atoms with Gasteiger partial charge in [-0.1, -0.05) is 6.07 Å². The maximum atomic E-state index is 12.7. The number of nitrogens with one attached hydrogen (secondary N) is 1. The Morgan fingerprint density at radius 1 is 1.26 bits per heavy atom. The van der Waals surface area contributed by atoms with Crippen LogP contribution in [0, 0.1) is 5.92 Å². The van der Waals surface area contributed by atoms with Gasteiger partial charge in [0.1, 0.15) is 0 Å². The van der Waals surface area contributed by atoms with Crippen molar-refractivity contribution in [2.24, 2.45) is 5.92 Å². The van der Waals surface area contributed by atoms with Crippen molar-refractivity contribution in [2.45, 2.75) is 12.8 Å². The number of hydrogen-bond donors (Lipinski definition) is 1. The van der Waals surface area contributed by atoms with Crippen molar-refractivity contribution in [3.63, 3.8) is 0 Å². The minimum atomic E-state index is -0.265. The molecule has 0 saturated carbocycles. The van der Waals surface area contributed by atoms with Crippen molar-refractivity contribution in [3.8, 4) is 5.69 Å². The van der Waals surface area contributed by atoms with Crippen LogP contribution in [0.4, 0.5) is 5.69 Å². The molecule has 0 spiro atoms. The summed E-state index contributed by atoms with van der Waals surface area (Å²) >= 11 is 0. The average molecular weight is 365 g/mol. The molecule has 138 valence electrons. The van der Waals surface area contributed by atoms with Crippen LogP contribution in [0.1, 0.15) is 23.4 Å². The van der Waals surface area contributed by atoms with Crippen molar-refractivity contribution in [2.75, 3.05) is 18.4 Å². The molecule has 0 aliphatic carbocycles. The Balaban J connectivity index is 1.42. The molecule has 3 heterocycles. The van der Waals surface area contributed by atoms with Crippen LogP contribution in [0.15, 0.2) is 59.7 Å². The van der Waals surface area contributed by atoms with Crippen LogP contribution in [-0.2, 0) is 4.79 Å². The molecule has 1 atom stereocenters. The molecule has 1 saturated heterocycles. The number of carbonyl (C=O) groups is 2. The Hall–Kier alpha value is -3.42. The third-order valence-corrected chi connectivity index (χ3v) is 4.61. The van der Waals surface area contributed by atoms with Crippen LogP contribution >= 0.6 is 0 Å². The van der Waals surface area contributed by atoms with Crippen LogP contribution in [0.2, 0.25) is 0 Å². The quantitative estimate of drug-likeness (QED) is 0.766. The Bertz CT molecular complexity index is 921. The number of carbonyl (C=O) groups excluding carboxylic acids is 2. The number of likely N-dealkylation sites (tertiary alicyclic amines) is 1. The molecule has 2 aromatic heterocycles. The number of piperidine rings is 1. The predicted octanol–water partition coefficient (Wildman–Crippen LogP) is 2.35. The molecule has 0 unspecified atom stereocenters. The Morgan fingerprint density at radius 2 is 2.19 bits per heavy atom. The fraction of sp³-hybridized carbons (Fsp3) is 0.263. The van der Waals surface area contributed by atoms with E-state index in [9.17, 15) is 9.59 Å². The zero-order chi connectivity index (χ0) is 18.6. The fourth-order valence-electron chi connectivity index (χ4n) is 3.24. The van der Waals surface area contributed by atoms with E-state index in [2.05, 4.69) is 15.4 Å². The second-order valence-corrected chi connectivity index (χ2v) is 6.45. The van der Waals surface area contributed by atoms with E-state index in [-0.39, 0.29) is 23.5 Å². The zero-order valence-electron chi connectivity index (χ0n) is 14.6. The monoisotopic (exact) mass is 365 g/mol. The van der Waals surface area contributed by atoms with Crippen LogP contribution in [-0.4, -0.2) is 44.6 Å². The molecule has 1 aliphatic heterocycles. The molecule has 2 amide bonds. The smallest absolute Gasteiger partial charge is 0.291 e. The van der Waals surface area contributed by atoms with Crippen molar-refractivity contribution in [3.05, 3.63) is 61.1 Å². The van der Waals surface area contributed by atoms with Gasteiger partial charge in [0, 0.05) is 31.2 Å². The number of oxazole rings is 1. The summed E-state index contributed by atoms with van der Waals surface area (Å²) in [4.78, 5) is 30.6. The number of amides is 2. The topological polar surface area (TPSA) is 93.3 Å². The summed E-state index contributed by atoms with van der Waals surface area (Å²) in [5.41, 5.74) is 1.57. The second kappa shape index (κ2) is 7.45. The minimum Gasteiger partial charge on any atom is -0.438 e. The van der Waals surface area contributed by atoms with E-state index in [1.165, 1.54) is 12.6 Å². The third-order valence-electron chi connectivity index (χ3n) is 4.61. The van der Waals surface area contributed by atoms with Gasteiger partial charge < -0.3 is 14.6 Å². The predicted molar refractivity (Wildman–Crippen MR) is 97.3 cm³/mol. The van der Waals surface area contributed by atoms with Crippen molar-refractivity contribution in [1.29, 1.82) is 0 Å². The summed E-state index contributed by atoms with van der Waals surface area (Å²) in [5.74, 6) is -0.393. The molecule has 1 aliphatic rings. The van der Waals surface area contributed by atoms with Crippen LogP contribution in [0.5, 0.6) is 0 Å². The molecular weight excluding hydrogens is 346 g/mol. The van der Waals surface area contributed by atoms with Gasteiger partial charge in [-0.25, -0.2) is 9.67 Å². The molecule has 0 bridgehead atoms. The van der Waals surface area contributed by atoms with Gasteiger partial charge in [-0.3, -0.25) is 9.59 Å². The summed E-state index contributed by atoms with van der Waals surface area (Å²) in [6.07, 6.45) is 7.68. The molecule has 1 fully saturated rings. The fourth-order valence-corrected chi connectivity index (χ4v) is 3.24. The van der Waals surface area contributed by atoms with Gasteiger partial charge in [0.25, 0.3) is 5.91 Å². The first-order chi connectivity index (χ1) is 13.2. The van der Waals surface area contributed by atoms with Gasteiger partial charge >= 0.3 is 0 Å². The lowest BCUT2D eigenvalue weighted by atomic mass is 9.96. The van der Waals surface area contributed by atoms with Gasteiger partial charge in [-0.2, -0.15) is 5.10 Å². The summed E-state index contributed by atoms with van der Waals surface area (Å²) < 4.78 is 6.81. The summed E-state index contributed by atoms with van der Waals surface area (Å²) in [6.45, 7) is 0.975. The molecule has 8 nitrogen and oxygen atoms in total. The second-order valence-electron chi connectivity index (χ2n) is 6.45. The largest absolute Gasteiger partial charge is 0.438 e. The van der Waals surface area contributed by atoms with Crippen LogP contribution in [0.25, 0.3) is 5.69 Å². The first-order valence-corrected chi connectivity index (χ1v) is 8.79. The number of nitrogens with zero attached hydrogens (tertiary/aromatic N) is 4. The highest BCUT2D eigenvalue weighted by atomic mass is 16.3. The SMILES string of the molecule is O=C(Nc1cccc(-n2cccn2)c1)[C@H]1CCCN(C(=O)c2cnco2)C1. The van der Waals surface area contributed by atoms with Crippen molar-refractivity contribution < 1.29 is 14.0 Å². The summed E-state index contributed by atoms with van der Waals surface area (Å²) in [5, 5.41) is 7.15. The minimum absolute atomic E-state index is 0.0947. The highest BCUT2D eigenvalue weighted by molar-refractivity contribution is 5.95. The Morgan fingerprint density at radius 3 is 2.96 bits per heavy atom. The normalized spacial score (nSPS) is 16.9. The van der Waals surface area contributed by atoms with E-state index in [4.69, 9.17) is 4.42 Å². The first-order valence-electron chi connectivity index (χ1n) is 8.79. The lowest BCUT2D eigenvalue weighted by Gasteiger charge is -2.31. The van der Waals surface area contributed by atoms with E-state index >= 15 is 0 Å². The number of rotatable bonds is 4. The number of aromatic nitrogens is 3. The lowest BCUT2D eigenvalue weighted by Crippen LogP contribution is -2.43. The molecule has 8 heteroatoms. The number of hydrogen-bond acceptors (Lipinski definition) is 5. The van der Waals surface area contributed by atoms with E-state index in [1.54, 1.807) is 15.8 Å². The maximum Gasteiger partial charge on any atom is 0.291 e. The Kier molecular flexibility index (Phi) is 4.69. The Labute approximate surface area is 155 Å². The molecule has 1 N–H and O–H groups in total. The third kappa shape index (κ3) is 3.74. The summed E-state index contributed by atoms with van der Waals surface area (Å²) in [6, 6.07) is 9.33. The van der Waals surface area contributed by atoms with Crippen LogP contribution < -0.4 is 5.32 Å². The van der Waals surface area contributed by atoms with Gasteiger partial charge in [-0.05, 0) is 37.1 Å². The van der Waals surface area contributed by atoms with Crippen LogP contribution in [0.3, 0.4) is 0 Å². The molecule has 27 heavy (non-hydrogen) atoms. The van der Waals surface area contributed by atoms with Gasteiger partial charge in [-0.15, -0.1) is 0 Å². The van der Waals surface area contributed by atoms with Crippen molar-refractivity contribution in [1.82, 2.24) is 19.7 Å². The van der Waals surface area contributed by atoms with E-state index < -0.39 is 0 Å².